The maximum atomic E-state index is 5.98. The molecule has 1 saturated heterocycles. The topological polar surface area (TPSA) is 38.2 Å². The zero-order valence-corrected chi connectivity index (χ0v) is 12.5. The second-order valence-electron chi connectivity index (χ2n) is 5.11. The normalized spacial score (nSPS) is 19.8. The number of halogens is 1. The van der Waals surface area contributed by atoms with E-state index in [0.717, 1.165) is 25.1 Å². The van der Waals surface area contributed by atoms with Gasteiger partial charge in [-0.3, -0.25) is 0 Å². The molecule has 0 saturated carbocycles. The Labute approximate surface area is 120 Å². The van der Waals surface area contributed by atoms with Gasteiger partial charge in [-0.1, -0.05) is 18.5 Å². The first-order valence-corrected chi connectivity index (χ1v) is 7.43. The number of aromatic nitrogens is 2. The van der Waals surface area contributed by atoms with Crippen LogP contribution in [0.1, 0.15) is 38.4 Å². The summed E-state index contributed by atoms with van der Waals surface area (Å²) in [6.45, 7) is 3.99. The molecule has 0 amide bonds. The largest absolute Gasteiger partial charge is 0.477 e. The zero-order valence-electron chi connectivity index (χ0n) is 11.7. The van der Waals surface area contributed by atoms with Crippen molar-refractivity contribution in [2.45, 2.75) is 45.1 Å². The molecule has 0 bridgehead atoms. The van der Waals surface area contributed by atoms with Gasteiger partial charge in [0.2, 0.25) is 5.88 Å². The van der Waals surface area contributed by atoms with E-state index in [2.05, 4.69) is 28.8 Å². The Bertz CT molecular complexity index is 414. The molecule has 1 aromatic heterocycles. The van der Waals surface area contributed by atoms with E-state index in [1.165, 1.54) is 19.4 Å². The van der Waals surface area contributed by atoms with E-state index in [4.69, 9.17) is 16.3 Å². The average Bonchev–Trinajstić information content (AvgIpc) is 2.75. The minimum absolute atomic E-state index is 0.464. The fourth-order valence-corrected chi connectivity index (χ4v) is 2.69. The Morgan fingerprint density at radius 3 is 3.00 bits per heavy atom. The molecule has 0 aliphatic carbocycles. The summed E-state index contributed by atoms with van der Waals surface area (Å²) in [5.41, 5.74) is 0. The molecule has 4 nitrogen and oxygen atoms in total. The highest BCUT2D eigenvalue weighted by atomic mass is 35.5. The van der Waals surface area contributed by atoms with Crippen LogP contribution in [0.4, 0.5) is 0 Å². The summed E-state index contributed by atoms with van der Waals surface area (Å²) in [7, 11) is 2.18. The van der Waals surface area contributed by atoms with Gasteiger partial charge in [0, 0.05) is 18.5 Å². The highest BCUT2D eigenvalue weighted by Gasteiger charge is 2.20. The maximum Gasteiger partial charge on any atom is 0.218 e. The smallest absolute Gasteiger partial charge is 0.218 e. The fraction of sp³-hybridized carbons (Fsp3) is 0.714. The summed E-state index contributed by atoms with van der Waals surface area (Å²) in [5.74, 6) is 1.37. The zero-order chi connectivity index (χ0) is 13.7. The van der Waals surface area contributed by atoms with Crippen LogP contribution in [0.25, 0.3) is 0 Å². The molecule has 2 heterocycles. The van der Waals surface area contributed by atoms with Gasteiger partial charge in [0.05, 0.1) is 6.61 Å². The van der Waals surface area contributed by atoms with Crippen molar-refractivity contribution in [2.24, 2.45) is 0 Å². The standard InChI is InChI=1S/C14H22ClN3O/c1-3-5-13-16-12(15)10-14(17-13)19-9-7-11-6-4-8-18(11)2/h10-11H,3-9H2,1-2H3. The first-order valence-electron chi connectivity index (χ1n) is 7.05. The van der Waals surface area contributed by atoms with E-state index in [9.17, 15) is 0 Å². The summed E-state index contributed by atoms with van der Waals surface area (Å²) in [6, 6.07) is 2.34. The molecule has 0 spiro atoms. The van der Waals surface area contributed by atoms with E-state index in [1.54, 1.807) is 6.07 Å². The van der Waals surface area contributed by atoms with Crippen molar-refractivity contribution in [3.63, 3.8) is 0 Å². The predicted octanol–water partition coefficient (Wildman–Crippen LogP) is 2.95. The van der Waals surface area contributed by atoms with Gasteiger partial charge in [-0.05, 0) is 39.3 Å². The van der Waals surface area contributed by atoms with Crippen molar-refractivity contribution < 1.29 is 4.74 Å². The lowest BCUT2D eigenvalue weighted by Gasteiger charge is -2.19. The number of nitrogens with zero attached hydrogens (tertiary/aromatic N) is 3. The number of rotatable bonds is 6. The van der Waals surface area contributed by atoms with Gasteiger partial charge in [0.1, 0.15) is 11.0 Å². The Balaban J connectivity index is 1.84. The second kappa shape index (κ2) is 7.06. The van der Waals surface area contributed by atoms with Crippen molar-refractivity contribution in [3.8, 4) is 5.88 Å². The van der Waals surface area contributed by atoms with E-state index in [0.29, 0.717) is 23.7 Å². The predicted molar refractivity (Wildman–Crippen MR) is 76.8 cm³/mol. The van der Waals surface area contributed by atoms with Crippen LogP contribution in [0.15, 0.2) is 6.07 Å². The van der Waals surface area contributed by atoms with Crippen molar-refractivity contribution in [3.05, 3.63) is 17.0 Å². The Hall–Kier alpha value is -0.870. The highest BCUT2D eigenvalue weighted by molar-refractivity contribution is 6.29. The van der Waals surface area contributed by atoms with Gasteiger partial charge in [-0.25, -0.2) is 4.98 Å². The van der Waals surface area contributed by atoms with Gasteiger partial charge < -0.3 is 9.64 Å². The van der Waals surface area contributed by atoms with E-state index < -0.39 is 0 Å². The van der Waals surface area contributed by atoms with Crippen LogP contribution in [0, 0.1) is 0 Å². The third-order valence-corrected chi connectivity index (χ3v) is 3.76. The fourth-order valence-electron chi connectivity index (χ4n) is 2.49. The SMILES string of the molecule is CCCc1nc(Cl)cc(OCCC2CCCN2C)n1. The first kappa shape index (κ1) is 14.5. The van der Waals surface area contributed by atoms with Gasteiger partial charge in [-0.2, -0.15) is 4.98 Å². The Kier molecular flexibility index (Phi) is 5.40. The first-order chi connectivity index (χ1) is 9.19. The molecule has 1 atom stereocenters. The van der Waals surface area contributed by atoms with Crippen LogP contribution in [0.2, 0.25) is 5.15 Å². The molecule has 0 N–H and O–H groups in total. The van der Waals surface area contributed by atoms with Crippen molar-refractivity contribution >= 4 is 11.6 Å². The van der Waals surface area contributed by atoms with Crippen LogP contribution in [0.5, 0.6) is 5.88 Å². The molecule has 1 aliphatic heterocycles. The monoisotopic (exact) mass is 283 g/mol. The highest BCUT2D eigenvalue weighted by Crippen LogP contribution is 2.19. The summed E-state index contributed by atoms with van der Waals surface area (Å²) in [5, 5.41) is 0.464. The number of aryl methyl sites for hydroxylation is 1. The molecule has 1 aliphatic rings. The van der Waals surface area contributed by atoms with E-state index in [-0.39, 0.29) is 0 Å². The molecular formula is C14H22ClN3O. The molecule has 2 rings (SSSR count). The maximum absolute atomic E-state index is 5.98. The molecule has 0 aromatic carbocycles. The van der Waals surface area contributed by atoms with Gasteiger partial charge >= 0.3 is 0 Å². The number of ether oxygens (including phenoxy) is 1. The third-order valence-electron chi connectivity index (χ3n) is 3.56. The number of hydrogen-bond donors (Lipinski definition) is 0. The minimum atomic E-state index is 0.464. The van der Waals surface area contributed by atoms with Crippen molar-refractivity contribution in [2.75, 3.05) is 20.2 Å². The lowest BCUT2D eigenvalue weighted by Crippen LogP contribution is -2.26. The quantitative estimate of drug-likeness (QED) is 0.753. The number of likely N-dealkylation sites (tertiary alicyclic amines) is 1. The van der Waals surface area contributed by atoms with Crippen LogP contribution in [-0.4, -0.2) is 41.1 Å². The van der Waals surface area contributed by atoms with Crippen molar-refractivity contribution in [1.82, 2.24) is 14.9 Å². The summed E-state index contributed by atoms with van der Waals surface area (Å²) >= 11 is 5.98. The molecule has 5 heteroatoms. The summed E-state index contributed by atoms with van der Waals surface area (Å²) in [4.78, 5) is 11.0. The minimum Gasteiger partial charge on any atom is -0.477 e. The number of hydrogen-bond acceptors (Lipinski definition) is 4. The van der Waals surface area contributed by atoms with Gasteiger partial charge in [-0.15, -0.1) is 0 Å². The Morgan fingerprint density at radius 2 is 2.32 bits per heavy atom. The third kappa shape index (κ3) is 4.32. The molecule has 1 aromatic rings. The lowest BCUT2D eigenvalue weighted by atomic mass is 10.1. The van der Waals surface area contributed by atoms with Gasteiger partial charge in [0.25, 0.3) is 0 Å². The summed E-state index contributed by atoms with van der Waals surface area (Å²) < 4.78 is 5.72. The van der Waals surface area contributed by atoms with Gasteiger partial charge in [0.15, 0.2) is 0 Å². The van der Waals surface area contributed by atoms with E-state index >= 15 is 0 Å². The lowest BCUT2D eigenvalue weighted by molar-refractivity contribution is 0.228. The summed E-state index contributed by atoms with van der Waals surface area (Å²) in [6.07, 6.45) is 5.45. The molecule has 19 heavy (non-hydrogen) atoms. The molecule has 106 valence electrons. The van der Waals surface area contributed by atoms with Crippen LogP contribution >= 0.6 is 11.6 Å². The molecular weight excluding hydrogens is 262 g/mol. The van der Waals surface area contributed by atoms with Crippen molar-refractivity contribution in [1.29, 1.82) is 0 Å². The second-order valence-corrected chi connectivity index (χ2v) is 5.50. The molecule has 0 radical (unpaired) electrons. The van der Waals surface area contributed by atoms with Crippen LogP contribution in [-0.2, 0) is 6.42 Å². The molecule has 1 unspecified atom stereocenters. The molecule has 1 fully saturated rings. The Morgan fingerprint density at radius 1 is 1.47 bits per heavy atom. The average molecular weight is 284 g/mol. The van der Waals surface area contributed by atoms with E-state index in [1.807, 2.05) is 0 Å². The van der Waals surface area contributed by atoms with Crippen LogP contribution in [0.3, 0.4) is 0 Å². The van der Waals surface area contributed by atoms with Crippen LogP contribution < -0.4 is 4.74 Å².